The summed E-state index contributed by atoms with van der Waals surface area (Å²) in [7, 11) is 0. The highest BCUT2D eigenvalue weighted by molar-refractivity contribution is 6.31. The Morgan fingerprint density at radius 3 is 2.68 bits per heavy atom. The van der Waals surface area contributed by atoms with Gasteiger partial charge in [0.25, 0.3) is 5.91 Å². The lowest BCUT2D eigenvalue weighted by molar-refractivity contribution is 0.0953. The van der Waals surface area contributed by atoms with Crippen molar-refractivity contribution in [2.75, 3.05) is 13.1 Å². The zero-order chi connectivity index (χ0) is 26.5. The maximum absolute atomic E-state index is 15.0. The first-order valence-corrected chi connectivity index (χ1v) is 12.6. The maximum atomic E-state index is 15.0. The smallest absolute Gasteiger partial charge is 0.352 e. The van der Waals surface area contributed by atoms with Gasteiger partial charge in [-0.2, -0.15) is 4.98 Å². The molecule has 0 aliphatic rings. The molecule has 0 spiro atoms. The van der Waals surface area contributed by atoms with E-state index in [1.807, 2.05) is 6.92 Å². The molecule has 0 radical (unpaired) electrons. The fourth-order valence-corrected chi connectivity index (χ4v) is 4.36. The first-order chi connectivity index (χ1) is 17.8. The number of amides is 1. The Labute approximate surface area is 218 Å². The summed E-state index contributed by atoms with van der Waals surface area (Å²) in [5, 5.41) is 3.45. The van der Waals surface area contributed by atoms with E-state index in [0.717, 1.165) is 24.8 Å². The van der Waals surface area contributed by atoms with Crippen molar-refractivity contribution in [2.45, 2.75) is 38.6 Å². The topological polar surface area (TPSA) is 132 Å². The first kappa shape index (κ1) is 26.5. The van der Waals surface area contributed by atoms with Crippen LogP contribution in [0.2, 0.25) is 5.02 Å². The zero-order valence-electron chi connectivity index (χ0n) is 20.6. The third kappa shape index (κ3) is 6.25. The van der Waals surface area contributed by atoms with Crippen LogP contribution < -0.4 is 22.5 Å². The molecular weight excluding hydrogens is 495 g/mol. The van der Waals surface area contributed by atoms with Crippen LogP contribution in [0.15, 0.2) is 53.5 Å². The quantitative estimate of drug-likeness (QED) is 0.233. The van der Waals surface area contributed by atoms with Gasteiger partial charge in [-0.1, -0.05) is 11.6 Å². The third-order valence-electron chi connectivity index (χ3n) is 6.09. The monoisotopic (exact) mass is 524 g/mol. The molecule has 6 N–H and O–H groups in total. The number of nitrogens with one attached hydrogen (secondary N) is 2. The molecule has 37 heavy (non-hydrogen) atoms. The molecule has 194 valence electrons. The standard InChI is InChI=1S/C27H30ClFN6O2/c1-16(31)4-2-5-17-12-21(24(29)22(28)13-17)23-14-19-15-35(27(37)34-25(19)33-23)20-8-6-18(7-9-20)26(36)32-11-3-10-30/h6-9,12-16H,2-5,10-11,30-31H2,1H3,(H,32,36)(H,33,34,37)/t16-/m0/s1. The minimum Gasteiger partial charge on any atom is -0.352 e. The molecule has 4 rings (SSSR count). The number of carbonyl (C=O) groups excluding carboxylic acids is 1. The molecule has 0 aliphatic carbocycles. The highest BCUT2D eigenvalue weighted by atomic mass is 35.5. The number of hydrogen-bond acceptors (Lipinski definition) is 5. The number of benzene rings is 2. The Morgan fingerprint density at radius 2 is 1.97 bits per heavy atom. The summed E-state index contributed by atoms with van der Waals surface area (Å²) in [6, 6.07) is 11.8. The van der Waals surface area contributed by atoms with Gasteiger partial charge in [0.05, 0.1) is 16.4 Å². The second kappa shape index (κ2) is 11.7. The fourth-order valence-electron chi connectivity index (χ4n) is 4.12. The van der Waals surface area contributed by atoms with Gasteiger partial charge in [0.1, 0.15) is 5.65 Å². The summed E-state index contributed by atoms with van der Waals surface area (Å²) < 4.78 is 16.4. The van der Waals surface area contributed by atoms with Crippen molar-refractivity contribution in [2.24, 2.45) is 11.5 Å². The molecular formula is C27H30ClFN6O2. The lowest BCUT2D eigenvalue weighted by atomic mass is 10.0. The van der Waals surface area contributed by atoms with E-state index in [-0.39, 0.29) is 17.0 Å². The normalized spacial score (nSPS) is 12.1. The number of nitrogens with two attached hydrogens (primary N) is 2. The van der Waals surface area contributed by atoms with Crippen LogP contribution in [0.25, 0.3) is 28.0 Å². The molecule has 0 saturated carbocycles. The predicted octanol–water partition coefficient (Wildman–Crippen LogP) is 3.92. The van der Waals surface area contributed by atoms with E-state index in [9.17, 15) is 14.0 Å². The molecule has 1 atom stereocenters. The number of nitrogens with zero attached hydrogens (tertiary/aromatic N) is 2. The van der Waals surface area contributed by atoms with Gasteiger partial charge < -0.3 is 21.8 Å². The number of halogens is 2. The summed E-state index contributed by atoms with van der Waals surface area (Å²) in [5.74, 6) is -0.753. The van der Waals surface area contributed by atoms with Gasteiger partial charge in [0.15, 0.2) is 5.82 Å². The number of aromatic nitrogens is 3. The van der Waals surface area contributed by atoms with Gasteiger partial charge in [0.2, 0.25) is 0 Å². The zero-order valence-corrected chi connectivity index (χ0v) is 21.3. The fraction of sp³-hybridized carbons (Fsp3) is 0.296. The van der Waals surface area contributed by atoms with Crippen molar-refractivity contribution in [1.29, 1.82) is 0 Å². The van der Waals surface area contributed by atoms with E-state index < -0.39 is 11.5 Å². The van der Waals surface area contributed by atoms with E-state index in [2.05, 4.69) is 15.3 Å². The van der Waals surface area contributed by atoms with E-state index in [1.165, 1.54) is 4.57 Å². The molecule has 0 saturated heterocycles. The molecule has 0 aliphatic heterocycles. The minimum atomic E-state index is -0.542. The van der Waals surface area contributed by atoms with Crippen molar-refractivity contribution in [1.82, 2.24) is 19.9 Å². The number of carbonyl (C=O) groups is 1. The van der Waals surface area contributed by atoms with Crippen LogP contribution in [0.5, 0.6) is 0 Å². The molecule has 2 heterocycles. The summed E-state index contributed by atoms with van der Waals surface area (Å²) >= 11 is 6.19. The Bertz CT molecular complexity index is 1460. The number of H-pyrrole nitrogens is 1. The molecule has 0 bridgehead atoms. The van der Waals surface area contributed by atoms with Crippen molar-refractivity contribution in [3.05, 3.63) is 81.1 Å². The Balaban J connectivity index is 1.62. The number of fused-ring (bicyclic) bond motifs is 1. The van der Waals surface area contributed by atoms with E-state index in [1.54, 1.807) is 48.7 Å². The van der Waals surface area contributed by atoms with E-state index in [0.29, 0.717) is 53.1 Å². The predicted molar refractivity (Wildman–Crippen MR) is 145 cm³/mol. The molecule has 1 amide bonds. The van der Waals surface area contributed by atoms with Gasteiger partial charge in [0, 0.05) is 35.3 Å². The van der Waals surface area contributed by atoms with Gasteiger partial charge in [-0.15, -0.1) is 0 Å². The summed E-state index contributed by atoms with van der Waals surface area (Å²) in [4.78, 5) is 32.2. The molecule has 4 aromatic rings. The SMILES string of the molecule is C[C@H](N)CCCc1cc(Cl)c(F)c(-c2cc3cn(-c4ccc(C(=O)NCCCN)cc4)c(=O)nc3[nH]2)c1. The van der Waals surface area contributed by atoms with Gasteiger partial charge >= 0.3 is 5.69 Å². The largest absolute Gasteiger partial charge is 0.354 e. The highest BCUT2D eigenvalue weighted by Gasteiger charge is 2.16. The van der Waals surface area contributed by atoms with E-state index in [4.69, 9.17) is 23.1 Å². The summed E-state index contributed by atoms with van der Waals surface area (Å²) in [6.07, 6.45) is 4.76. The number of aromatic amines is 1. The molecule has 0 fully saturated rings. The maximum Gasteiger partial charge on any atom is 0.354 e. The lowest BCUT2D eigenvalue weighted by Crippen LogP contribution is -2.26. The average molecular weight is 525 g/mol. The highest BCUT2D eigenvalue weighted by Crippen LogP contribution is 2.31. The number of hydrogen-bond donors (Lipinski definition) is 4. The Morgan fingerprint density at radius 1 is 1.22 bits per heavy atom. The second-order valence-corrected chi connectivity index (χ2v) is 9.54. The molecule has 2 aromatic carbocycles. The van der Waals surface area contributed by atoms with Crippen LogP contribution in [0, 0.1) is 5.82 Å². The number of aryl methyl sites for hydroxylation is 1. The van der Waals surface area contributed by atoms with Crippen molar-refractivity contribution < 1.29 is 9.18 Å². The second-order valence-electron chi connectivity index (χ2n) is 9.13. The molecule has 0 unspecified atom stereocenters. The van der Waals surface area contributed by atoms with Gasteiger partial charge in [-0.25, -0.2) is 9.18 Å². The lowest BCUT2D eigenvalue weighted by Gasteiger charge is -2.09. The Kier molecular flexibility index (Phi) is 8.38. The van der Waals surface area contributed by atoms with Crippen LogP contribution in [0.1, 0.15) is 42.1 Å². The van der Waals surface area contributed by atoms with Crippen LogP contribution >= 0.6 is 11.6 Å². The average Bonchev–Trinajstić information content (AvgIpc) is 3.28. The minimum absolute atomic E-state index is 0.0339. The van der Waals surface area contributed by atoms with E-state index >= 15 is 0 Å². The van der Waals surface area contributed by atoms with Crippen molar-refractivity contribution in [3.63, 3.8) is 0 Å². The Hall–Kier alpha value is -3.53. The molecule has 8 nitrogen and oxygen atoms in total. The number of rotatable bonds is 10. The summed E-state index contributed by atoms with van der Waals surface area (Å²) in [5.41, 5.74) is 13.8. The molecule has 10 heteroatoms. The van der Waals surface area contributed by atoms with Gasteiger partial charge in [-0.05, 0) is 87.2 Å². The van der Waals surface area contributed by atoms with Crippen molar-refractivity contribution in [3.8, 4) is 16.9 Å². The van der Waals surface area contributed by atoms with Crippen molar-refractivity contribution >= 4 is 28.5 Å². The summed E-state index contributed by atoms with van der Waals surface area (Å²) in [6.45, 7) is 2.94. The third-order valence-corrected chi connectivity index (χ3v) is 6.36. The first-order valence-electron chi connectivity index (χ1n) is 12.2. The van der Waals surface area contributed by atoms with Crippen LogP contribution in [0.3, 0.4) is 0 Å². The van der Waals surface area contributed by atoms with Crippen LogP contribution in [-0.4, -0.2) is 39.6 Å². The molecule has 2 aromatic heterocycles. The van der Waals surface area contributed by atoms with Gasteiger partial charge in [-0.3, -0.25) is 9.36 Å². The van der Waals surface area contributed by atoms with Crippen LogP contribution in [-0.2, 0) is 6.42 Å². The van der Waals surface area contributed by atoms with Crippen LogP contribution in [0.4, 0.5) is 4.39 Å².